The average Bonchev–Trinajstić information content (AvgIpc) is 3.03. The van der Waals surface area contributed by atoms with Gasteiger partial charge in [0.2, 0.25) is 0 Å². The molecule has 1 saturated carbocycles. The first kappa shape index (κ1) is 19.8. The summed E-state index contributed by atoms with van der Waals surface area (Å²) in [4.78, 5) is 23.5. The number of carbonyl (C=O) groups is 1. The summed E-state index contributed by atoms with van der Waals surface area (Å²) in [5.41, 5.74) is 1.62. The van der Waals surface area contributed by atoms with Gasteiger partial charge in [0.05, 0.1) is 28.0 Å². The second-order valence-corrected chi connectivity index (χ2v) is 8.92. The quantitative estimate of drug-likeness (QED) is 0.409. The van der Waals surface area contributed by atoms with Crippen LogP contribution >= 0.6 is 23.4 Å². The molecule has 1 heterocycles. The SMILES string of the molecule is COc1cccc2c1N[C@H](C(=O)O)[C@@H]1C[C@H](Sc3ccccc3[N+](=O)[O-])[C@H](Cl)[C@@H]21. The van der Waals surface area contributed by atoms with Crippen molar-refractivity contribution in [1.29, 1.82) is 0 Å². The molecular weight excluding hydrogens is 416 g/mol. The van der Waals surface area contributed by atoms with E-state index in [1.54, 1.807) is 31.4 Å². The molecule has 2 N–H and O–H groups in total. The number of nitrogens with zero attached hydrogens (tertiary/aromatic N) is 1. The highest BCUT2D eigenvalue weighted by atomic mass is 35.5. The normalized spacial score (nSPS) is 27.4. The number of hydrogen-bond donors (Lipinski definition) is 2. The van der Waals surface area contributed by atoms with Crippen molar-refractivity contribution in [2.24, 2.45) is 5.92 Å². The zero-order valence-corrected chi connectivity index (χ0v) is 17.0. The van der Waals surface area contributed by atoms with Gasteiger partial charge in [-0.05, 0) is 30.0 Å². The first-order valence-electron chi connectivity index (χ1n) is 9.12. The zero-order chi connectivity index (χ0) is 20.7. The number of ether oxygens (including phenoxy) is 1. The molecule has 7 nitrogen and oxygen atoms in total. The Balaban J connectivity index is 1.71. The van der Waals surface area contributed by atoms with Crippen molar-refractivity contribution in [2.45, 2.75) is 33.9 Å². The largest absolute Gasteiger partial charge is 0.495 e. The lowest BCUT2D eigenvalue weighted by atomic mass is 9.79. The summed E-state index contributed by atoms with van der Waals surface area (Å²) in [6.45, 7) is 0. The molecule has 0 spiro atoms. The third-order valence-corrected chi connectivity index (χ3v) is 7.75. The number of aliphatic carboxylic acids is 1. The van der Waals surface area contributed by atoms with E-state index in [1.807, 2.05) is 12.1 Å². The van der Waals surface area contributed by atoms with Gasteiger partial charge in [-0.25, -0.2) is 4.79 Å². The average molecular weight is 435 g/mol. The third kappa shape index (κ3) is 3.40. The fourth-order valence-corrected chi connectivity index (χ4v) is 6.34. The Hall–Kier alpha value is -2.45. The molecular formula is C20H19ClN2O5S. The Bertz CT molecular complexity index is 972. The van der Waals surface area contributed by atoms with E-state index in [0.717, 1.165) is 5.56 Å². The minimum Gasteiger partial charge on any atom is -0.495 e. The van der Waals surface area contributed by atoms with Gasteiger partial charge < -0.3 is 15.2 Å². The highest BCUT2D eigenvalue weighted by Gasteiger charge is 2.52. The van der Waals surface area contributed by atoms with E-state index in [4.69, 9.17) is 16.3 Å². The predicted molar refractivity (Wildman–Crippen MR) is 111 cm³/mol. The molecule has 5 atom stereocenters. The van der Waals surface area contributed by atoms with Crippen molar-refractivity contribution in [3.63, 3.8) is 0 Å². The lowest BCUT2D eigenvalue weighted by molar-refractivity contribution is -0.387. The van der Waals surface area contributed by atoms with Crippen molar-refractivity contribution in [3.8, 4) is 5.75 Å². The van der Waals surface area contributed by atoms with E-state index in [-0.39, 0.29) is 28.2 Å². The van der Waals surface area contributed by atoms with Crippen LogP contribution in [0.5, 0.6) is 5.75 Å². The van der Waals surface area contributed by atoms with E-state index in [2.05, 4.69) is 5.32 Å². The van der Waals surface area contributed by atoms with Gasteiger partial charge in [-0.2, -0.15) is 0 Å². The monoisotopic (exact) mass is 434 g/mol. The maximum atomic E-state index is 12.0. The van der Waals surface area contributed by atoms with Crippen molar-refractivity contribution < 1.29 is 19.6 Å². The van der Waals surface area contributed by atoms with E-state index in [1.165, 1.54) is 17.8 Å². The summed E-state index contributed by atoms with van der Waals surface area (Å²) in [6, 6.07) is 11.3. The fourth-order valence-electron chi connectivity index (χ4n) is 4.40. The van der Waals surface area contributed by atoms with Gasteiger partial charge in [-0.15, -0.1) is 23.4 Å². The van der Waals surface area contributed by atoms with E-state index in [9.17, 15) is 20.0 Å². The number of halogens is 1. The minimum absolute atomic E-state index is 0.0335. The molecule has 0 radical (unpaired) electrons. The Morgan fingerprint density at radius 1 is 1.31 bits per heavy atom. The number of nitro groups is 1. The number of thioether (sulfide) groups is 1. The molecule has 4 rings (SSSR count). The molecule has 1 aliphatic heterocycles. The maximum absolute atomic E-state index is 12.0. The van der Waals surface area contributed by atoms with Crippen LogP contribution in [0.15, 0.2) is 47.4 Å². The van der Waals surface area contributed by atoms with Crippen LogP contribution < -0.4 is 10.1 Å². The molecule has 2 aliphatic rings. The number of fused-ring (bicyclic) bond motifs is 3. The number of anilines is 1. The van der Waals surface area contributed by atoms with Gasteiger partial charge >= 0.3 is 5.97 Å². The molecule has 0 aromatic heterocycles. The molecule has 2 aromatic carbocycles. The van der Waals surface area contributed by atoms with Crippen molar-refractivity contribution in [1.82, 2.24) is 0 Å². The molecule has 1 fully saturated rings. The number of carboxylic acids is 1. The second kappa shape index (κ2) is 7.76. The zero-order valence-electron chi connectivity index (χ0n) is 15.4. The van der Waals surface area contributed by atoms with Gasteiger partial charge in [0.15, 0.2) is 0 Å². The van der Waals surface area contributed by atoms with E-state index < -0.39 is 16.9 Å². The van der Waals surface area contributed by atoms with Crippen molar-refractivity contribution >= 4 is 40.7 Å². The first-order valence-corrected chi connectivity index (χ1v) is 10.4. The summed E-state index contributed by atoms with van der Waals surface area (Å²) in [7, 11) is 1.54. The number of nitrogens with one attached hydrogen (secondary N) is 1. The van der Waals surface area contributed by atoms with Crippen LogP contribution in [0.2, 0.25) is 0 Å². The van der Waals surface area contributed by atoms with Gasteiger partial charge in [0.1, 0.15) is 11.8 Å². The highest BCUT2D eigenvalue weighted by molar-refractivity contribution is 8.00. The van der Waals surface area contributed by atoms with Gasteiger partial charge in [-0.1, -0.05) is 24.3 Å². The predicted octanol–water partition coefficient (Wildman–Crippen LogP) is 4.35. The van der Waals surface area contributed by atoms with Crippen LogP contribution in [0.4, 0.5) is 11.4 Å². The number of nitro benzene ring substituents is 1. The molecule has 0 amide bonds. The first-order chi connectivity index (χ1) is 13.9. The number of alkyl halides is 1. The molecule has 9 heteroatoms. The number of para-hydroxylation sites is 2. The van der Waals surface area contributed by atoms with Crippen LogP contribution in [0.1, 0.15) is 17.9 Å². The van der Waals surface area contributed by atoms with Crippen LogP contribution in [0, 0.1) is 16.0 Å². The molecule has 1 aliphatic carbocycles. The van der Waals surface area contributed by atoms with Crippen LogP contribution in [-0.2, 0) is 4.79 Å². The number of benzene rings is 2. The van der Waals surface area contributed by atoms with Crippen LogP contribution in [0.3, 0.4) is 0 Å². The highest BCUT2D eigenvalue weighted by Crippen LogP contribution is 2.56. The van der Waals surface area contributed by atoms with Crippen molar-refractivity contribution in [2.75, 3.05) is 12.4 Å². The van der Waals surface area contributed by atoms with E-state index in [0.29, 0.717) is 22.8 Å². The van der Waals surface area contributed by atoms with Gasteiger partial charge in [0, 0.05) is 17.2 Å². The van der Waals surface area contributed by atoms with Crippen molar-refractivity contribution in [3.05, 3.63) is 58.1 Å². The molecule has 0 saturated heterocycles. The molecule has 29 heavy (non-hydrogen) atoms. The third-order valence-electron chi connectivity index (χ3n) is 5.64. The number of methoxy groups -OCH3 is 1. The molecule has 0 unspecified atom stereocenters. The molecule has 0 bridgehead atoms. The Morgan fingerprint density at radius 3 is 2.76 bits per heavy atom. The Kier molecular flexibility index (Phi) is 5.31. The topological polar surface area (TPSA) is 102 Å². The minimum atomic E-state index is -0.947. The number of carboxylic acid groups (broad SMARTS) is 1. The Morgan fingerprint density at radius 2 is 2.07 bits per heavy atom. The fraction of sp³-hybridized carbons (Fsp3) is 0.350. The standard InChI is InChI=1S/C20H19ClN2O5S/c1-28-13-7-4-5-10-16-11(19(20(24)25)22-18(10)13)9-15(17(16)21)29-14-8-3-2-6-12(14)23(26)27/h2-8,11,15-17,19,22H,9H2,1H3,(H,24,25)/t11-,15+,16+,17+,19+/m1/s1. The summed E-state index contributed by atoms with van der Waals surface area (Å²) >= 11 is 8.23. The Labute approximate surface area is 176 Å². The number of rotatable bonds is 5. The summed E-state index contributed by atoms with van der Waals surface area (Å²) < 4.78 is 5.41. The molecule has 2 aromatic rings. The molecule has 152 valence electrons. The lowest BCUT2D eigenvalue weighted by Crippen LogP contribution is -2.42. The summed E-state index contributed by atoms with van der Waals surface area (Å²) in [5, 5.41) is 23.8. The summed E-state index contributed by atoms with van der Waals surface area (Å²) in [6.07, 6.45) is 0.538. The van der Waals surface area contributed by atoms with Gasteiger partial charge in [-0.3, -0.25) is 10.1 Å². The number of hydrogen-bond acceptors (Lipinski definition) is 6. The second-order valence-electron chi connectivity index (χ2n) is 7.14. The maximum Gasteiger partial charge on any atom is 0.326 e. The van der Waals surface area contributed by atoms with E-state index >= 15 is 0 Å². The lowest BCUT2D eigenvalue weighted by Gasteiger charge is -2.36. The summed E-state index contributed by atoms with van der Waals surface area (Å²) in [5.74, 6) is -0.790. The smallest absolute Gasteiger partial charge is 0.326 e. The van der Waals surface area contributed by atoms with Crippen LogP contribution in [-0.4, -0.2) is 39.8 Å². The van der Waals surface area contributed by atoms with Gasteiger partial charge in [0.25, 0.3) is 5.69 Å². The van der Waals surface area contributed by atoms with Crippen LogP contribution in [0.25, 0.3) is 0 Å².